The highest BCUT2D eigenvalue weighted by Crippen LogP contribution is 2.41. The van der Waals surface area contributed by atoms with E-state index in [1.807, 2.05) is 24.3 Å². The molecule has 1 aliphatic heterocycles. The molecule has 11 heteroatoms. The molecule has 8 nitrogen and oxygen atoms in total. The quantitative estimate of drug-likeness (QED) is 0.509. The summed E-state index contributed by atoms with van der Waals surface area (Å²) in [6.07, 6.45) is 0.0301. The molecule has 0 bridgehead atoms. The number of H-pyrrole nitrogens is 1. The van der Waals surface area contributed by atoms with Gasteiger partial charge in [0.2, 0.25) is 0 Å². The molecule has 0 saturated heterocycles. The number of halogens is 3. The molecule has 0 aliphatic carbocycles. The van der Waals surface area contributed by atoms with Gasteiger partial charge in [0, 0.05) is 5.56 Å². The van der Waals surface area contributed by atoms with Crippen LogP contribution in [0.25, 0.3) is 11.0 Å². The average Bonchev–Trinajstić information content (AvgIpc) is 3.41. The Morgan fingerprint density at radius 3 is 2.87 bits per heavy atom. The summed E-state index contributed by atoms with van der Waals surface area (Å²) in [6, 6.07) is 7.80. The molecule has 4 heterocycles. The number of aromatic amines is 1. The smallest absolute Gasteiger partial charge is 0.431 e. The van der Waals surface area contributed by atoms with Gasteiger partial charge in [-0.15, -0.1) is 0 Å². The van der Waals surface area contributed by atoms with Crippen molar-refractivity contribution in [1.29, 1.82) is 0 Å². The van der Waals surface area contributed by atoms with Gasteiger partial charge in [-0.3, -0.25) is 4.68 Å². The van der Waals surface area contributed by atoms with Crippen molar-refractivity contribution in [2.45, 2.75) is 18.3 Å². The Kier molecular flexibility index (Phi) is 4.45. The van der Waals surface area contributed by atoms with E-state index < -0.39 is 11.9 Å². The number of para-hydroxylation sites is 1. The zero-order valence-electron chi connectivity index (χ0n) is 16.2. The van der Waals surface area contributed by atoms with E-state index in [4.69, 9.17) is 9.47 Å². The lowest BCUT2D eigenvalue weighted by Gasteiger charge is -2.34. The van der Waals surface area contributed by atoms with Gasteiger partial charge in [-0.2, -0.15) is 18.3 Å². The zero-order valence-corrected chi connectivity index (χ0v) is 16.2. The topological polar surface area (TPSA) is 89.9 Å². The van der Waals surface area contributed by atoms with Crippen molar-refractivity contribution < 1.29 is 22.6 Å². The molecule has 5 rings (SSSR count). The van der Waals surface area contributed by atoms with Crippen LogP contribution in [0, 0.1) is 0 Å². The number of hydrogen-bond donors (Lipinski definition) is 2. The third-order valence-electron chi connectivity index (χ3n) is 5.23. The van der Waals surface area contributed by atoms with Crippen LogP contribution in [-0.2, 0) is 6.18 Å². The normalized spacial score (nSPS) is 18.5. The molecule has 2 N–H and O–H groups in total. The molecular weight excluding hydrogens is 413 g/mol. The van der Waals surface area contributed by atoms with Gasteiger partial charge in [0.15, 0.2) is 5.75 Å². The monoisotopic (exact) mass is 430 g/mol. The second kappa shape index (κ2) is 7.18. The van der Waals surface area contributed by atoms with Crippen LogP contribution in [0.1, 0.15) is 23.3 Å². The van der Waals surface area contributed by atoms with Crippen LogP contribution >= 0.6 is 0 Å². The first kappa shape index (κ1) is 19.2. The molecule has 2 atom stereocenters. The van der Waals surface area contributed by atoms with Crippen LogP contribution < -0.4 is 14.8 Å². The summed E-state index contributed by atoms with van der Waals surface area (Å²) in [5.41, 5.74) is 0.0563. The molecule has 0 spiro atoms. The van der Waals surface area contributed by atoms with Gasteiger partial charge in [-0.1, -0.05) is 18.2 Å². The highest BCUT2D eigenvalue weighted by Gasteiger charge is 2.35. The summed E-state index contributed by atoms with van der Waals surface area (Å²) in [5.74, 6) is 1.55. The molecule has 0 saturated carbocycles. The summed E-state index contributed by atoms with van der Waals surface area (Å²) in [7, 11) is 1.55. The number of benzene rings is 1. The van der Waals surface area contributed by atoms with Gasteiger partial charge < -0.3 is 19.8 Å². The van der Waals surface area contributed by atoms with Crippen LogP contribution in [0.4, 0.5) is 19.0 Å². The minimum Gasteiger partial charge on any atom is -0.493 e. The summed E-state index contributed by atoms with van der Waals surface area (Å²) < 4.78 is 52.4. The van der Waals surface area contributed by atoms with E-state index in [0.29, 0.717) is 18.1 Å². The number of hydrogen-bond acceptors (Lipinski definition) is 6. The van der Waals surface area contributed by atoms with Crippen molar-refractivity contribution >= 4 is 16.9 Å². The van der Waals surface area contributed by atoms with Crippen molar-refractivity contribution in [3.63, 3.8) is 0 Å². The van der Waals surface area contributed by atoms with Gasteiger partial charge in [0.1, 0.15) is 41.9 Å². The summed E-state index contributed by atoms with van der Waals surface area (Å²) in [5, 5.41) is 7.90. The Hall–Kier alpha value is -3.76. The largest absolute Gasteiger partial charge is 0.493 e. The number of ether oxygens (including phenoxy) is 2. The fourth-order valence-electron chi connectivity index (χ4n) is 3.71. The molecule has 31 heavy (non-hydrogen) atoms. The molecule has 160 valence electrons. The van der Waals surface area contributed by atoms with Crippen LogP contribution in [-0.4, -0.2) is 38.4 Å². The summed E-state index contributed by atoms with van der Waals surface area (Å²) >= 11 is 0. The number of methoxy groups -OCH3 is 1. The van der Waals surface area contributed by atoms with Crippen molar-refractivity contribution in [2.75, 3.05) is 19.0 Å². The molecule has 1 aromatic carbocycles. The Morgan fingerprint density at radius 1 is 1.26 bits per heavy atom. The number of alkyl halides is 3. The zero-order chi connectivity index (χ0) is 21.6. The Morgan fingerprint density at radius 2 is 2.10 bits per heavy atom. The molecule has 4 aromatic rings. The molecular formula is C20H17F3N6O2. The highest BCUT2D eigenvalue weighted by molar-refractivity contribution is 5.88. The second-order valence-electron chi connectivity index (χ2n) is 7.06. The van der Waals surface area contributed by atoms with E-state index in [0.717, 1.165) is 11.6 Å². The molecule has 0 fully saturated rings. The van der Waals surface area contributed by atoms with Crippen LogP contribution in [0.2, 0.25) is 0 Å². The van der Waals surface area contributed by atoms with Gasteiger partial charge in [0.25, 0.3) is 0 Å². The van der Waals surface area contributed by atoms with Gasteiger partial charge in [-0.05, 0) is 12.1 Å². The van der Waals surface area contributed by atoms with E-state index in [9.17, 15) is 13.2 Å². The highest BCUT2D eigenvalue weighted by atomic mass is 19.4. The van der Waals surface area contributed by atoms with Crippen molar-refractivity contribution in [2.24, 2.45) is 0 Å². The fraction of sp³-hybridized carbons (Fsp3) is 0.250. The van der Waals surface area contributed by atoms with E-state index in [-0.39, 0.29) is 28.9 Å². The third-order valence-corrected chi connectivity index (χ3v) is 5.23. The van der Waals surface area contributed by atoms with Crippen molar-refractivity contribution in [3.8, 4) is 11.5 Å². The Balaban J connectivity index is 1.58. The molecule has 0 unspecified atom stereocenters. The molecule has 0 radical (unpaired) electrons. The van der Waals surface area contributed by atoms with Crippen molar-refractivity contribution in [1.82, 2.24) is 24.7 Å². The lowest BCUT2D eigenvalue weighted by molar-refractivity contribution is -0.140. The van der Waals surface area contributed by atoms with Crippen molar-refractivity contribution in [3.05, 3.63) is 60.3 Å². The molecule has 0 amide bonds. The maximum absolute atomic E-state index is 13.2. The minimum absolute atomic E-state index is 0.0995. The first-order valence-electron chi connectivity index (χ1n) is 9.41. The summed E-state index contributed by atoms with van der Waals surface area (Å²) in [4.78, 5) is 10.5. The average molecular weight is 430 g/mol. The van der Waals surface area contributed by atoms with Crippen LogP contribution in [0.15, 0.2) is 49.1 Å². The predicted molar refractivity (Wildman–Crippen MR) is 105 cm³/mol. The number of fused-ring (bicyclic) bond motifs is 2. The number of rotatable bonds is 4. The van der Waals surface area contributed by atoms with Gasteiger partial charge in [0.05, 0.1) is 30.9 Å². The number of nitrogens with zero attached hydrogens (tertiary/aromatic N) is 4. The lowest BCUT2D eigenvalue weighted by atomic mass is 9.96. The standard InChI is InChI=1S/C20H17F3N6O2/c1-30-11-7-26-29(8-11)14-9-31-15-5-3-2-4-12(15)17(14)28-19-13-6-16(20(21,22)23)27-18(13)24-10-25-19/h2-8,10,14,17H,9H2,1H3,(H2,24,25,27,28)/t14-,17-/m0/s1. The first-order chi connectivity index (χ1) is 14.9. The molecule has 3 aromatic heterocycles. The van der Waals surface area contributed by atoms with E-state index in [2.05, 4.69) is 25.4 Å². The molecule has 1 aliphatic rings. The van der Waals surface area contributed by atoms with Gasteiger partial charge in [-0.25, -0.2) is 9.97 Å². The van der Waals surface area contributed by atoms with Crippen LogP contribution in [0.5, 0.6) is 11.5 Å². The first-order valence-corrected chi connectivity index (χ1v) is 9.41. The fourth-order valence-corrected chi connectivity index (χ4v) is 3.71. The Labute approximate surface area is 174 Å². The number of nitrogens with one attached hydrogen (secondary N) is 2. The SMILES string of the molecule is COc1cnn([C@H]2COc3ccccc3[C@@H]2Nc2ncnc3[nH]c(C(F)(F)F)cc23)c1. The van der Waals surface area contributed by atoms with Crippen LogP contribution in [0.3, 0.4) is 0 Å². The van der Waals surface area contributed by atoms with Gasteiger partial charge >= 0.3 is 6.18 Å². The van der Waals surface area contributed by atoms with E-state index >= 15 is 0 Å². The maximum atomic E-state index is 13.2. The predicted octanol–water partition coefficient (Wildman–Crippen LogP) is 3.97. The number of aromatic nitrogens is 5. The number of anilines is 1. The third kappa shape index (κ3) is 3.41. The van der Waals surface area contributed by atoms with E-state index in [1.54, 1.807) is 24.2 Å². The minimum atomic E-state index is -4.52. The van der Waals surface area contributed by atoms with E-state index in [1.165, 1.54) is 6.33 Å². The lowest BCUT2D eigenvalue weighted by Crippen LogP contribution is -2.33. The second-order valence-corrected chi connectivity index (χ2v) is 7.06. The summed E-state index contributed by atoms with van der Waals surface area (Å²) in [6.45, 7) is 0.300. The maximum Gasteiger partial charge on any atom is 0.431 e. The Bertz CT molecular complexity index is 1240.